The van der Waals surface area contributed by atoms with Crippen molar-refractivity contribution in [3.63, 3.8) is 0 Å². The summed E-state index contributed by atoms with van der Waals surface area (Å²) in [6, 6.07) is 13.5. The summed E-state index contributed by atoms with van der Waals surface area (Å²) in [4.78, 5) is 16.4. The molecule has 25 heavy (non-hydrogen) atoms. The zero-order chi connectivity index (χ0) is 17.6. The van der Waals surface area contributed by atoms with E-state index in [1.165, 1.54) is 12.1 Å². The lowest BCUT2D eigenvalue weighted by atomic mass is 10.3. The molecule has 130 valence electrons. The largest absolute Gasteiger partial charge is 0.491 e. The van der Waals surface area contributed by atoms with Crippen molar-refractivity contribution in [3.05, 3.63) is 60.7 Å². The molecule has 0 aliphatic rings. The number of benzene rings is 2. The SMILES string of the molecule is CC(COc1ccc(F)cc1)NC(=O)CCn1cnc2ccccc21. The molecule has 0 saturated heterocycles. The fourth-order valence-corrected chi connectivity index (χ4v) is 2.55. The van der Waals surface area contributed by atoms with Crippen LogP contribution in [0.1, 0.15) is 13.3 Å². The van der Waals surface area contributed by atoms with Gasteiger partial charge in [-0.25, -0.2) is 9.37 Å². The van der Waals surface area contributed by atoms with Crippen LogP contribution in [0.3, 0.4) is 0 Å². The zero-order valence-electron chi connectivity index (χ0n) is 14.0. The summed E-state index contributed by atoms with van der Waals surface area (Å²) < 4.78 is 20.3. The second-order valence-electron chi connectivity index (χ2n) is 5.91. The van der Waals surface area contributed by atoms with Crippen LogP contribution in [0.5, 0.6) is 5.75 Å². The second-order valence-corrected chi connectivity index (χ2v) is 5.91. The van der Waals surface area contributed by atoms with Gasteiger partial charge < -0.3 is 14.6 Å². The number of ether oxygens (including phenoxy) is 1. The van der Waals surface area contributed by atoms with Crippen molar-refractivity contribution in [1.82, 2.24) is 14.9 Å². The number of rotatable bonds is 7. The third-order valence-electron chi connectivity index (χ3n) is 3.83. The van der Waals surface area contributed by atoms with Crippen LogP contribution >= 0.6 is 0 Å². The number of aromatic nitrogens is 2. The number of amides is 1. The second kappa shape index (κ2) is 7.79. The van der Waals surface area contributed by atoms with Gasteiger partial charge in [0.25, 0.3) is 0 Å². The van der Waals surface area contributed by atoms with E-state index in [1.54, 1.807) is 18.5 Å². The first kappa shape index (κ1) is 17.0. The minimum atomic E-state index is -0.305. The lowest BCUT2D eigenvalue weighted by Crippen LogP contribution is -2.37. The number of nitrogens with one attached hydrogen (secondary N) is 1. The molecule has 0 fully saturated rings. The van der Waals surface area contributed by atoms with Gasteiger partial charge in [0.1, 0.15) is 18.2 Å². The molecule has 0 saturated carbocycles. The Morgan fingerprint density at radius 3 is 2.80 bits per heavy atom. The summed E-state index contributed by atoms with van der Waals surface area (Å²) in [5.74, 6) is 0.223. The summed E-state index contributed by atoms with van der Waals surface area (Å²) >= 11 is 0. The third kappa shape index (κ3) is 4.56. The number of halogens is 1. The number of para-hydroxylation sites is 2. The molecule has 0 bridgehead atoms. The number of fused-ring (bicyclic) bond motifs is 1. The molecule has 2 aromatic carbocycles. The number of nitrogens with zero attached hydrogens (tertiary/aromatic N) is 2. The highest BCUT2D eigenvalue weighted by atomic mass is 19.1. The van der Waals surface area contributed by atoms with Gasteiger partial charge in [-0.3, -0.25) is 4.79 Å². The molecule has 1 heterocycles. The van der Waals surface area contributed by atoms with Gasteiger partial charge in [-0.15, -0.1) is 0 Å². The van der Waals surface area contributed by atoms with Gasteiger partial charge in [0, 0.05) is 13.0 Å². The maximum absolute atomic E-state index is 12.8. The van der Waals surface area contributed by atoms with Gasteiger partial charge in [-0.05, 0) is 43.3 Å². The number of carbonyl (C=O) groups excluding carboxylic acids is 1. The van der Waals surface area contributed by atoms with Gasteiger partial charge in [0.05, 0.1) is 23.4 Å². The van der Waals surface area contributed by atoms with E-state index < -0.39 is 0 Å². The van der Waals surface area contributed by atoms with Gasteiger partial charge in [0.2, 0.25) is 5.91 Å². The zero-order valence-corrected chi connectivity index (χ0v) is 14.0. The minimum Gasteiger partial charge on any atom is -0.491 e. The quantitative estimate of drug-likeness (QED) is 0.718. The molecule has 1 amide bonds. The molecule has 5 nitrogen and oxygen atoms in total. The third-order valence-corrected chi connectivity index (χ3v) is 3.83. The van der Waals surface area contributed by atoms with E-state index in [-0.39, 0.29) is 17.8 Å². The van der Waals surface area contributed by atoms with Crippen LogP contribution in [0, 0.1) is 5.82 Å². The molecule has 1 atom stereocenters. The van der Waals surface area contributed by atoms with Crippen LogP contribution in [-0.4, -0.2) is 28.1 Å². The van der Waals surface area contributed by atoms with Crippen LogP contribution in [-0.2, 0) is 11.3 Å². The summed E-state index contributed by atoms with van der Waals surface area (Å²) in [5, 5.41) is 2.90. The van der Waals surface area contributed by atoms with E-state index in [0.29, 0.717) is 25.3 Å². The predicted octanol–water partition coefficient (Wildman–Crippen LogP) is 3.15. The molecule has 3 aromatic rings. The van der Waals surface area contributed by atoms with Crippen molar-refractivity contribution < 1.29 is 13.9 Å². The summed E-state index contributed by atoms with van der Waals surface area (Å²) in [6.45, 7) is 2.76. The number of carbonyl (C=O) groups is 1. The van der Waals surface area contributed by atoms with Crippen LogP contribution < -0.4 is 10.1 Å². The average molecular weight is 341 g/mol. The Balaban J connectivity index is 1.44. The molecule has 6 heteroatoms. The maximum atomic E-state index is 12.8. The van der Waals surface area contributed by atoms with E-state index in [9.17, 15) is 9.18 Å². The van der Waals surface area contributed by atoms with Gasteiger partial charge in [0.15, 0.2) is 0 Å². The maximum Gasteiger partial charge on any atom is 0.222 e. The first-order valence-electron chi connectivity index (χ1n) is 8.19. The number of imidazole rings is 1. The van der Waals surface area contributed by atoms with Crippen molar-refractivity contribution >= 4 is 16.9 Å². The number of hydrogen-bond acceptors (Lipinski definition) is 3. The molecule has 1 aromatic heterocycles. The fourth-order valence-electron chi connectivity index (χ4n) is 2.55. The Hall–Kier alpha value is -2.89. The molecular formula is C19H20FN3O2. The average Bonchev–Trinajstić information content (AvgIpc) is 3.03. The molecule has 0 aliphatic heterocycles. The van der Waals surface area contributed by atoms with Crippen molar-refractivity contribution in [2.75, 3.05) is 6.61 Å². The van der Waals surface area contributed by atoms with E-state index in [0.717, 1.165) is 11.0 Å². The van der Waals surface area contributed by atoms with Gasteiger partial charge in [-0.2, -0.15) is 0 Å². The first-order valence-corrected chi connectivity index (χ1v) is 8.19. The smallest absolute Gasteiger partial charge is 0.222 e. The van der Waals surface area contributed by atoms with Crippen molar-refractivity contribution in [1.29, 1.82) is 0 Å². The normalized spacial score (nSPS) is 12.1. The number of aryl methyl sites for hydroxylation is 1. The Labute approximate surface area is 145 Å². The lowest BCUT2D eigenvalue weighted by Gasteiger charge is -2.15. The molecule has 1 unspecified atom stereocenters. The Bertz CT molecular complexity index is 845. The summed E-state index contributed by atoms with van der Waals surface area (Å²) in [5.41, 5.74) is 1.94. The van der Waals surface area contributed by atoms with Crippen LogP contribution in [0.4, 0.5) is 4.39 Å². The highest BCUT2D eigenvalue weighted by Crippen LogP contribution is 2.13. The lowest BCUT2D eigenvalue weighted by molar-refractivity contribution is -0.122. The van der Waals surface area contributed by atoms with Gasteiger partial charge >= 0.3 is 0 Å². The molecule has 0 aliphatic carbocycles. The van der Waals surface area contributed by atoms with Gasteiger partial charge in [-0.1, -0.05) is 12.1 Å². The molecule has 3 rings (SSSR count). The number of hydrogen-bond donors (Lipinski definition) is 1. The highest BCUT2D eigenvalue weighted by molar-refractivity contribution is 5.77. The summed E-state index contributed by atoms with van der Waals surface area (Å²) in [6.07, 6.45) is 2.11. The molecule has 1 N–H and O–H groups in total. The molecular weight excluding hydrogens is 321 g/mol. The van der Waals surface area contributed by atoms with E-state index >= 15 is 0 Å². The fraction of sp³-hybridized carbons (Fsp3) is 0.263. The van der Waals surface area contributed by atoms with Crippen molar-refractivity contribution in [3.8, 4) is 5.75 Å². The van der Waals surface area contributed by atoms with E-state index in [4.69, 9.17) is 4.74 Å². The van der Waals surface area contributed by atoms with E-state index in [2.05, 4.69) is 10.3 Å². The Kier molecular flexibility index (Phi) is 5.28. The minimum absolute atomic E-state index is 0.0482. The standard InChI is InChI=1S/C19H20FN3O2/c1-14(12-25-16-8-6-15(20)7-9-16)22-19(24)10-11-23-13-21-17-4-2-3-5-18(17)23/h2-9,13-14H,10-12H2,1H3,(H,22,24). The molecule has 0 radical (unpaired) electrons. The van der Waals surface area contributed by atoms with Crippen LogP contribution in [0.2, 0.25) is 0 Å². The monoisotopic (exact) mass is 341 g/mol. The predicted molar refractivity (Wildman–Crippen MR) is 93.8 cm³/mol. The molecule has 0 spiro atoms. The first-order chi connectivity index (χ1) is 12.1. The Morgan fingerprint density at radius 1 is 1.24 bits per heavy atom. The van der Waals surface area contributed by atoms with Crippen molar-refractivity contribution in [2.45, 2.75) is 25.9 Å². The summed E-state index contributed by atoms with van der Waals surface area (Å²) in [7, 11) is 0. The van der Waals surface area contributed by atoms with Crippen LogP contribution in [0.15, 0.2) is 54.9 Å². The van der Waals surface area contributed by atoms with Crippen molar-refractivity contribution in [2.24, 2.45) is 0 Å². The van der Waals surface area contributed by atoms with E-state index in [1.807, 2.05) is 35.8 Å². The highest BCUT2D eigenvalue weighted by Gasteiger charge is 2.09. The topological polar surface area (TPSA) is 56.1 Å². The van der Waals surface area contributed by atoms with Crippen LogP contribution in [0.25, 0.3) is 11.0 Å². The Morgan fingerprint density at radius 2 is 2.00 bits per heavy atom.